The zero-order chi connectivity index (χ0) is 11.1. The van der Waals surface area contributed by atoms with Gasteiger partial charge in [-0.25, -0.2) is 0 Å². The van der Waals surface area contributed by atoms with E-state index in [0.29, 0.717) is 0 Å². The molecule has 0 spiro atoms. The predicted octanol–water partition coefficient (Wildman–Crippen LogP) is 5.67. The maximum absolute atomic E-state index is 2.26. The average molecular weight is 188 g/mol. The summed E-state index contributed by atoms with van der Waals surface area (Å²) < 4.78 is 0. The van der Waals surface area contributed by atoms with Crippen molar-refractivity contribution in [2.75, 3.05) is 0 Å². The fraction of sp³-hybridized carbons (Fsp3) is 1.00. The van der Waals surface area contributed by atoms with Gasteiger partial charge >= 0.3 is 0 Å². The molecule has 0 bridgehead atoms. The minimum Gasteiger partial charge on any atom is -0.0683 e. The van der Waals surface area contributed by atoms with Crippen LogP contribution in [0.25, 0.3) is 0 Å². The average Bonchev–Trinajstić information content (AvgIpc) is 2.93. The first-order chi connectivity index (χ1) is 6.26. The van der Waals surface area contributed by atoms with Crippen molar-refractivity contribution in [1.29, 1.82) is 0 Å². The van der Waals surface area contributed by atoms with Crippen molar-refractivity contribution in [2.24, 2.45) is 5.92 Å². The molecule has 0 atom stereocenters. The van der Waals surface area contributed by atoms with Crippen LogP contribution < -0.4 is 0 Å². The highest BCUT2D eigenvalue weighted by atomic mass is 14.2. The molecule has 0 saturated heterocycles. The standard InChI is InChI=1S/C5H10.2C3H8.C2H6/c1-2-5-3-4-5;2*1-3-2;1-2/h5H,2-4H2,1H3;2*3H2,1-2H3;1-2H3. The third kappa shape index (κ3) is 48.0. The number of rotatable bonds is 1. The van der Waals surface area contributed by atoms with Crippen LogP contribution in [0.2, 0.25) is 0 Å². The van der Waals surface area contributed by atoms with Crippen LogP contribution in [0.3, 0.4) is 0 Å². The van der Waals surface area contributed by atoms with Gasteiger partial charge in [0.05, 0.1) is 0 Å². The molecule has 0 unspecified atom stereocenters. The van der Waals surface area contributed by atoms with E-state index in [-0.39, 0.29) is 0 Å². The number of hydrogen-bond donors (Lipinski definition) is 0. The van der Waals surface area contributed by atoms with Gasteiger partial charge in [-0.15, -0.1) is 0 Å². The Morgan fingerprint density at radius 3 is 1.00 bits per heavy atom. The summed E-state index contributed by atoms with van der Waals surface area (Å²) in [5.41, 5.74) is 0. The molecule has 0 aromatic heterocycles. The summed E-state index contributed by atoms with van der Waals surface area (Å²) in [6.45, 7) is 14.8. The summed E-state index contributed by atoms with van der Waals surface area (Å²) in [6, 6.07) is 0. The normalized spacial score (nSPS) is 12.2. The Kier molecular flexibility index (Phi) is 32.7. The molecule has 1 rings (SSSR count). The van der Waals surface area contributed by atoms with E-state index in [1.165, 1.54) is 32.1 Å². The third-order valence-electron chi connectivity index (χ3n) is 1.27. The van der Waals surface area contributed by atoms with E-state index in [9.17, 15) is 0 Å². The zero-order valence-corrected chi connectivity index (χ0v) is 11.1. The maximum Gasteiger partial charge on any atom is -0.0417 e. The van der Waals surface area contributed by atoms with E-state index >= 15 is 0 Å². The van der Waals surface area contributed by atoms with Gasteiger partial charge in [-0.3, -0.25) is 0 Å². The molecule has 1 fully saturated rings. The maximum atomic E-state index is 2.26. The Morgan fingerprint density at radius 2 is 1.00 bits per heavy atom. The van der Waals surface area contributed by atoms with Crippen LogP contribution in [0.1, 0.15) is 80.6 Å². The van der Waals surface area contributed by atoms with Crippen molar-refractivity contribution in [2.45, 2.75) is 80.6 Å². The highest BCUT2D eigenvalue weighted by Crippen LogP contribution is 2.31. The van der Waals surface area contributed by atoms with E-state index in [1.54, 1.807) is 0 Å². The molecule has 0 nitrogen and oxygen atoms in total. The predicted molar refractivity (Wildman–Crippen MR) is 66.3 cm³/mol. The largest absolute Gasteiger partial charge is 0.0683 e. The molecule has 0 heterocycles. The topological polar surface area (TPSA) is 0 Å². The molecule has 0 aliphatic heterocycles. The Balaban J connectivity index is -0.000000112. The Morgan fingerprint density at radius 1 is 0.769 bits per heavy atom. The van der Waals surface area contributed by atoms with Gasteiger partial charge in [0, 0.05) is 0 Å². The second-order valence-corrected chi connectivity index (χ2v) is 3.27. The summed E-state index contributed by atoms with van der Waals surface area (Å²) in [5.74, 6) is 1.13. The van der Waals surface area contributed by atoms with Crippen molar-refractivity contribution in [3.63, 3.8) is 0 Å². The van der Waals surface area contributed by atoms with Gasteiger partial charge in [-0.1, -0.05) is 80.6 Å². The van der Waals surface area contributed by atoms with Crippen LogP contribution in [0.15, 0.2) is 0 Å². The van der Waals surface area contributed by atoms with E-state index in [4.69, 9.17) is 0 Å². The quantitative estimate of drug-likeness (QED) is 0.497. The van der Waals surface area contributed by atoms with Crippen LogP contribution >= 0.6 is 0 Å². The van der Waals surface area contributed by atoms with Gasteiger partial charge in [0.15, 0.2) is 0 Å². The number of hydrogen-bond acceptors (Lipinski definition) is 0. The molecular weight excluding hydrogens is 156 g/mol. The molecule has 1 saturated carbocycles. The monoisotopic (exact) mass is 188 g/mol. The Labute approximate surface area is 87.1 Å². The lowest BCUT2D eigenvalue weighted by molar-refractivity contribution is 0.799. The lowest BCUT2D eigenvalue weighted by Crippen LogP contribution is -1.59. The lowest BCUT2D eigenvalue weighted by Gasteiger charge is -1.72. The summed E-state index contributed by atoms with van der Waals surface area (Å²) in [4.78, 5) is 0. The Bertz CT molecular complexity index is 42.0. The second-order valence-electron chi connectivity index (χ2n) is 3.27. The van der Waals surface area contributed by atoms with Crippen molar-refractivity contribution in [3.05, 3.63) is 0 Å². The van der Waals surface area contributed by atoms with E-state index in [0.717, 1.165) is 5.92 Å². The lowest BCUT2D eigenvalue weighted by atomic mass is 10.3. The molecule has 1 aliphatic carbocycles. The van der Waals surface area contributed by atoms with Gasteiger partial charge in [0.2, 0.25) is 0 Å². The molecule has 0 aromatic rings. The van der Waals surface area contributed by atoms with Crippen molar-refractivity contribution >= 4 is 0 Å². The van der Waals surface area contributed by atoms with Gasteiger partial charge in [0.25, 0.3) is 0 Å². The van der Waals surface area contributed by atoms with E-state index < -0.39 is 0 Å². The van der Waals surface area contributed by atoms with Crippen molar-refractivity contribution in [1.82, 2.24) is 0 Å². The highest BCUT2D eigenvalue weighted by molar-refractivity contribution is 4.69. The first-order valence-corrected chi connectivity index (χ1v) is 6.26. The van der Waals surface area contributed by atoms with Crippen LogP contribution in [0, 0.1) is 5.92 Å². The van der Waals surface area contributed by atoms with Crippen LogP contribution in [-0.2, 0) is 0 Å². The van der Waals surface area contributed by atoms with Gasteiger partial charge < -0.3 is 0 Å². The fourth-order valence-electron chi connectivity index (χ4n) is 0.526. The molecule has 0 aromatic carbocycles. The molecule has 13 heavy (non-hydrogen) atoms. The van der Waals surface area contributed by atoms with Gasteiger partial charge in [-0.05, 0) is 5.92 Å². The second kappa shape index (κ2) is 22.7. The summed E-state index contributed by atoms with van der Waals surface area (Å²) in [6.07, 6.45) is 6.94. The van der Waals surface area contributed by atoms with Crippen molar-refractivity contribution < 1.29 is 0 Å². The summed E-state index contributed by atoms with van der Waals surface area (Å²) in [5, 5.41) is 0. The molecule has 0 amide bonds. The van der Waals surface area contributed by atoms with Crippen LogP contribution in [0.5, 0.6) is 0 Å². The molecule has 1 aliphatic rings. The first kappa shape index (κ1) is 18.7. The molecule has 0 heteroatoms. The minimum absolute atomic E-state index is 1.13. The van der Waals surface area contributed by atoms with Gasteiger partial charge in [-0.2, -0.15) is 0 Å². The smallest absolute Gasteiger partial charge is 0.0417 e. The molecule has 0 radical (unpaired) electrons. The molecule has 0 N–H and O–H groups in total. The van der Waals surface area contributed by atoms with Gasteiger partial charge in [0.1, 0.15) is 0 Å². The fourth-order valence-corrected chi connectivity index (χ4v) is 0.526. The first-order valence-electron chi connectivity index (χ1n) is 6.26. The van der Waals surface area contributed by atoms with Crippen molar-refractivity contribution in [3.8, 4) is 0 Å². The summed E-state index contributed by atoms with van der Waals surface area (Å²) in [7, 11) is 0. The van der Waals surface area contributed by atoms with E-state index in [2.05, 4.69) is 34.6 Å². The van der Waals surface area contributed by atoms with Crippen LogP contribution in [0.4, 0.5) is 0 Å². The third-order valence-corrected chi connectivity index (χ3v) is 1.27. The zero-order valence-electron chi connectivity index (χ0n) is 11.1. The Hall–Kier alpha value is 0. The van der Waals surface area contributed by atoms with Crippen LogP contribution in [-0.4, -0.2) is 0 Å². The molecular formula is C13H32. The highest BCUT2D eigenvalue weighted by Gasteiger charge is 2.17. The summed E-state index contributed by atoms with van der Waals surface area (Å²) >= 11 is 0. The van der Waals surface area contributed by atoms with E-state index in [1.807, 2.05) is 13.8 Å². The molecule has 84 valence electrons. The minimum atomic E-state index is 1.13. The SMILES string of the molecule is CC.CCC.CCC.CCC1CC1.